The van der Waals surface area contributed by atoms with Gasteiger partial charge in [-0.25, -0.2) is 0 Å². The van der Waals surface area contributed by atoms with Gasteiger partial charge in [0.2, 0.25) is 0 Å². The number of hydrogen-bond donors (Lipinski definition) is 1. The molecule has 0 fully saturated rings. The minimum Gasteiger partial charge on any atom is -0.386 e. The maximum atomic E-state index is 12.5. The Kier molecular flexibility index (Phi) is 4.32. The number of hydrogen-bond acceptors (Lipinski definition) is 2. The van der Waals surface area contributed by atoms with Crippen molar-refractivity contribution < 1.29 is 18.3 Å². The molecule has 0 amide bonds. The van der Waals surface area contributed by atoms with Crippen molar-refractivity contribution in [1.29, 1.82) is 0 Å². The number of halogens is 3. The summed E-state index contributed by atoms with van der Waals surface area (Å²) in [4.78, 5) is 3.72. The third-order valence-corrected chi connectivity index (χ3v) is 3.37. The van der Waals surface area contributed by atoms with Gasteiger partial charge >= 0.3 is 6.18 Å². The predicted molar refractivity (Wildman–Crippen MR) is 73.8 cm³/mol. The Morgan fingerprint density at radius 1 is 1.14 bits per heavy atom. The number of aliphatic hydroxyl groups excluding tert-OH is 1. The second-order valence-electron chi connectivity index (χ2n) is 5.12. The molecule has 0 bridgehead atoms. The van der Waals surface area contributed by atoms with Crippen LogP contribution < -0.4 is 0 Å². The van der Waals surface area contributed by atoms with Crippen LogP contribution in [0.2, 0.25) is 0 Å². The van der Waals surface area contributed by atoms with Crippen LogP contribution in [0.3, 0.4) is 0 Å². The molecular formula is C16H16F3NO. The Morgan fingerprint density at radius 2 is 1.86 bits per heavy atom. The summed E-state index contributed by atoms with van der Waals surface area (Å²) < 4.78 is 37.4. The van der Waals surface area contributed by atoms with Gasteiger partial charge in [-0.15, -0.1) is 0 Å². The van der Waals surface area contributed by atoms with Gasteiger partial charge in [0.05, 0.1) is 17.4 Å². The van der Waals surface area contributed by atoms with Crippen LogP contribution in [-0.4, -0.2) is 10.1 Å². The van der Waals surface area contributed by atoms with Crippen LogP contribution in [-0.2, 0) is 12.6 Å². The van der Waals surface area contributed by atoms with Crippen molar-refractivity contribution in [2.45, 2.75) is 32.5 Å². The maximum absolute atomic E-state index is 12.5. The maximum Gasteiger partial charge on any atom is 0.417 e. The number of aromatic nitrogens is 1. The number of pyridine rings is 1. The van der Waals surface area contributed by atoms with E-state index in [1.54, 1.807) is 0 Å². The monoisotopic (exact) mass is 295 g/mol. The summed E-state index contributed by atoms with van der Waals surface area (Å²) in [5.41, 5.74) is 2.49. The summed E-state index contributed by atoms with van der Waals surface area (Å²) in [7, 11) is 0. The van der Waals surface area contributed by atoms with E-state index in [0.29, 0.717) is 6.42 Å². The summed E-state index contributed by atoms with van der Waals surface area (Å²) in [5.74, 6) is 0. The quantitative estimate of drug-likeness (QED) is 0.928. The fraction of sp³-hybridized carbons (Fsp3) is 0.312. The highest BCUT2D eigenvalue weighted by Crippen LogP contribution is 2.29. The third kappa shape index (κ3) is 3.82. The third-order valence-electron chi connectivity index (χ3n) is 3.37. The normalized spacial score (nSPS) is 13.2. The van der Waals surface area contributed by atoms with Crippen molar-refractivity contribution in [3.63, 3.8) is 0 Å². The highest BCUT2D eigenvalue weighted by molar-refractivity contribution is 5.31. The highest BCUT2D eigenvalue weighted by Gasteiger charge is 2.30. The van der Waals surface area contributed by atoms with Gasteiger partial charge in [-0.2, -0.15) is 13.2 Å². The van der Waals surface area contributed by atoms with Crippen LogP contribution in [0.4, 0.5) is 13.2 Å². The molecule has 0 radical (unpaired) electrons. The average Bonchev–Trinajstić information content (AvgIpc) is 2.42. The van der Waals surface area contributed by atoms with E-state index in [1.165, 1.54) is 6.07 Å². The zero-order chi connectivity index (χ0) is 15.6. The largest absolute Gasteiger partial charge is 0.417 e. The molecule has 1 atom stereocenters. The molecule has 0 aliphatic rings. The van der Waals surface area contributed by atoms with Crippen LogP contribution in [0.5, 0.6) is 0 Å². The number of nitrogens with zero attached hydrogens (tertiary/aromatic N) is 1. The first kappa shape index (κ1) is 15.5. The summed E-state index contributed by atoms with van der Waals surface area (Å²) in [6, 6.07) is 8.05. The standard InChI is InChI=1S/C16H16F3NO/c1-10-3-4-11(2)12(7-10)8-15(21)14-6-5-13(9-20-14)16(17,18)19/h3-7,9,15,21H,8H2,1-2H3. The topological polar surface area (TPSA) is 33.1 Å². The van der Waals surface area contributed by atoms with E-state index < -0.39 is 17.8 Å². The number of rotatable bonds is 3. The lowest BCUT2D eigenvalue weighted by Crippen LogP contribution is -2.09. The van der Waals surface area contributed by atoms with Gasteiger partial charge < -0.3 is 5.11 Å². The molecule has 2 aromatic rings. The Labute approximate surface area is 121 Å². The van der Waals surface area contributed by atoms with E-state index in [9.17, 15) is 18.3 Å². The van der Waals surface area contributed by atoms with Gasteiger partial charge in [-0.3, -0.25) is 4.98 Å². The van der Waals surface area contributed by atoms with Crippen LogP contribution in [0.15, 0.2) is 36.5 Å². The van der Waals surface area contributed by atoms with Crippen molar-refractivity contribution in [1.82, 2.24) is 4.98 Å². The first-order valence-corrected chi connectivity index (χ1v) is 6.54. The zero-order valence-electron chi connectivity index (χ0n) is 11.8. The molecule has 0 aliphatic carbocycles. The Balaban J connectivity index is 2.17. The molecule has 0 saturated carbocycles. The van der Waals surface area contributed by atoms with Gasteiger partial charge in [0.1, 0.15) is 0 Å². The Morgan fingerprint density at radius 3 is 2.43 bits per heavy atom. The molecule has 1 aromatic carbocycles. The molecule has 1 heterocycles. The van der Waals surface area contributed by atoms with Crippen molar-refractivity contribution in [3.05, 3.63) is 64.5 Å². The van der Waals surface area contributed by atoms with Crippen LogP contribution in [0.1, 0.15) is 34.1 Å². The zero-order valence-corrected chi connectivity index (χ0v) is 11.8. The van der Waals surface area contributed by atoms with Gasteiger partial charge in [-0.05, 0) is 37.1 Å². The Bertz CT molecular complexity index is 620. The summed E-state index contributed by atoms with van der Waals surface area (Å²) in [6.45, 7) is 3.88. The SMILES string of the molecule is Cc1ccc(C)c(CC(O)c2ccc(C(F)(F)F)cn2)c1. The van der Waals surface area contributed by atoms with Crippen LogP contribution >= 0.6 is 0 Å². The minimum absolute atomic E-state index is 0.240. The van der Waals surface area contributed by atoms with Gasteiger partial charge in [0.15, 0.2) is 0 Å². The first-order chi connectivity index (χ1) is 9.77. The van der Waals surface area contributed by atoms with Crippen LogP contribution in [0.25, 0.3) is 0 Å². The molecule has 2 nitrogen and oxygen atoms in total. The lowest BCUT2D eigenvalue weighted by Gasteiger charge is -2.14. The van der Waals surface area contributed by atoms with Gasteiger partial charge in [-0.1, -0.05) is 23.8 Å². The molecule has 5 heteroatoms. The van der Waals surface area contributed by atoms with Crippen molar-refractivity contribution in [3.8, 4) is 0 Å². The molecule has 0 saturated heterocycles. The highest BCUT2D eigenvalue weighted by atomic mass is 19.4. The second-order valence-corrected chi connectivity index (χ2v) is 5.12. The summed E-state index contributed by atoms with van der Waals surface area (Å²) in [5, 5.41) is 10.1. The van der Waals surface area contributed by atoms with Crippen molar-refractivity contribution in [2.75, 3.05) is 0 Å². The number of aryl methyl sites for hydroxylation is 2. The number of alkyl halides is 3. The predicted octanol–water partition coefficient (Wildman–Crippen LogP) is 3.99. The summed E-state index contributed by atoms with van der Waals surface area (Å²) in [6.07, 6.45) is -4.26. The molecule has 112 valence electrons. The molecular weight excluding hydrogens is 279 g/mol. The summed E-state index contributed by atoms with van der Waals surface area (Å²) >= 11 is 0. The van der Waals surface area contributed by atoms with E-state index >= 15 is 0 Å². The smallest absolute Gasteiger partial charge is 0.386 e. The fourth-order valence-electron chi connectivity index (χ4n) is 2.10. The second kappa shape index (κ2) is 5.85. The fourth-order valence-corrected chi connectivity index (χ4v) is 2.10. The molecule has 0 spiro atoms. The number of benzene rings is 1. The van der Waals surface area contributed by atoms with E-state index in [2.05, 4.69) is 4.98 Å². The van der Waals surface area contributed by atoms with Crippen LogP contribution in [0, 0.1) is 13.8 Å². The van der Waals surface area contributed by atoms with Gasteiger partial charge in [0.25, 0.3) is 0 Å². The minimum atomic E-state index is -4.41. The molecule has 1 unspecified atom stereocenters. The molecule has 0 aliphatic heterocycles. The molecule has 21 heavy (non-hydrogen) atoms. The Hall–Kier alpha value is -1.88. The van der Waals surface area contributed by atoms with Crippen molar-refractivity contribution >= 4 is 0 Å². The number of aliphatic hydroxyl groups is 1. The van der Waals surface area contributed by atoms with Gasteiger partial charge in [0, 0.05) is 12.6 Å². The average molecular weight is 295 g/mol. The lowest BCUT2D eigenvalue weighted by atomic mass is 9.98. The van der Waals surface area contributed by atoms with E-state index in [-0.39, 0.29) is 5.69 Å². The lowest BCUT2D eigenvalue weighted by molar-refractivity contribution is -0.137. The van der Waals surface area contributed by atoms with E-state index in [1.807, 2.05) is 32.0 Å². The first-order valence-electron chi connectivity index (χ1n) is 6.54. The molecule has 1 N–H and O–H groups in total. The van der Waals surface area contributed by atoms with Crippen molar-refractivity contribution in [2.24, 2.45) is 0 Å². The van der Waals surface area contributed by atoms with E-state index in [4.69, 9.17) is 0 Å². The molecule has 2 rings (SSSR count). The molecule has 1 aromatic heterocycles. The van der Waals surface area contributed by atoms with E-state index in [0.717, 1.165) is 29.0 Å².